The van der Waals surface area contributed by atoms with E-state index in [1.807, 2.05) is 42.5 Å². The van der Waals surface area contributed by atoms with Gasteiger partial charge in [-0.2, -0.15) is 0 Å². The second kappa shape index (κ2) is 6.68. The Balaban J connectivity index is 1.87. The minimum Gasteiger partial charge on any atom is -0.504 e. The van der Waals surface area contributed by atoms with Crippen LogP contribution in [0.5, 0.6) is 11.5 Å². The number of carbonyl (C=O) groups excluding carboxylic acids is 1. The SMILES string of the molecule is CCc1ccc(N2C(=O)c3ccccc3N[C@H]2c2cccc(O)c2O)cc1. The summed E-state index contributed by atoms with van der Waals surface area (Å²) >= 11 is 0. The van der Waals surface area contributed by atoms with E-state index in [0.29, 0.717) is 22.5 Å². The third-order valence-corrected chi connectivity index (χ3v) is 4.89. The zero-order valence-corrected chi connectivity index (χ0v) is 14.9. The molecule has 0 saturated heterocycles. The molecule has 0 radical (unpaired) electrons. The lowest BCUT2D eigenvalue weighted by Gasteiger charge is -2.38. The molecular weight excluding hydrogens is 340 g/mol. The van der Waals surface area contributed by atoms with Gasteiger partial charge in [-0.15, -0.1) is 0 Å². The number of amides is 1. The second-order valence-electron chi connectivity index (χ2n) is 6.50. The minimum atomic E-state index is -0.646. The maximum atomic E-state index is 13.3. The highest BCUT2D eigenvalue weighted by Crippen LogP contribution is 2.41. The van der Waals surface area contributed by atoms with Gasteiger partial charge in [0.2, 0.25) is 0 Å². The van der Waals surface area contributed by atoms with Crippen molar-refractivity contribution in [3.05, 3.63) is 83.4 Å². The van der Waals surface area contributed by atoms with Crippen molar-refractivity contribution in [3.63, 3.8) is 0 Å². The van der Waals surface area contributed by atoms with Gasteiger partial charge in [0.05, 0.1) is 5.56 Å². The van der Waals surface area contributed by atoms with Gasteiger partial charge in [-0.1, -0.05) is 43.3 Å². The average molecular weight is 360 g/mol. The van der Waals surface area contributed by atoms with Crippen LogP contribution in [0.3, 0.4) is 0 Å². The van der Waals surface area contributed by atoms with Crippen LogP contribution in [0.15, 0.2) is 66.7 Å². The molecule has 0 fully saturated rings. The van der Waals surface area contributed by atoms with Gasteiger partial charge in [0.15, 0.2) is 11.5 Å². The lowest BCUT2D eigenvalue weighted by atomic mass is 10.0. The molecule has 1 heterocycles. The van der Waals surface area contributed by atoms with Crippen LogP contribution in [0.1, 0.15) is 34.6 Å². The molecule has 1 aliphatic rings. The number of fused-ring (bicyclic) bond motifs is 1. The monoisotopic (exact) mass is 360 g/mol. The molecule has 0 saturated carbocycles. The smallest absolute Gasteiger partial charge is 0.262 e. The average Bonchev–Trinajstić information content (AvgIpc) is 2.70. The maximum absolute atomic E-state index is 13.3. The number of phenols is 2. The van der Waals surface area contributed by atoms with Gasteiger partial charge in [0.25, 0.3) is 5.91 Å². The van der Waals surface area contributed by atoms with Crippen LogP contribution in [0.2, 0.25) is 0 Å². The van der Waals surface area contributed by atoms with Gasteiger partial charge in [-0.3, -0.25) is 9.69 Å². The lowest BCUT2D eigenvalue weighted by molar-refractivity contribution is 0.0974. The van der Waals surface area contributed by atoms with Crippen LogP contribution in [-0.4, -0.2) is 16.1 Å². The Hall–Kier alpha value is -3.47. The van der Waals surface area contributed by atoms with Crippen LogP contribution in [0.25, 0.3) is 0 Å². The van der Waals surface area contributed by atoms with Gasteiger partial charge >= 0.3 is 0 Å². The number of nitrogens with one attached hydrogen (secondary N) is 1. The zero-order valence-electron chi connectivity index (χ0n) is 14.9. The first kappa shape index (κ1) is 17.0. The van der Waals surface area contributed by atoms with Gasteiger partial charge in [0.1, 0.15) is 6.17 Å². The molecule has 1 atom stereocenters. The van der Waals surface area contributed by atoms with Crippen molar-refractivity contribution in [2.75, 3.05) is 10.2 Å². The fraction of sp³-hybridized carbons (Fsp3) is 0.136. The number of phenolic OH excluding ortho intramolecular Hbond substituents is 2. The fourth-order valence-corrected chi connectivity index (χ4v) is 3.40. The normalized spacial score (nSPS) is 16.0. The van der Waals surface area contributed by atoms with Crippen molar-refractivity contribution in [2.24, 2.45) is 0 Å². The van der Waals surface area contributed by atoms with E-state index in [-0.39, 0.29) is 17.4 Å². The highest BCUT2D eigenvalue weighted by Gasteiger charge is 2.35. The van der Waals surface area contributed by atoms with Gasteiger partial charge in [-0.25, -0.2) is 0 Å². The van der Waals surface area contributed by atoms with Crippen LogP contribution in [-0.2, 0) is 6.42 Å². The number of benzene rings is 3. The molecule has 4 rings (SSSR count). The van der Waals surface area contributed by atoms with Crippen LogP contribution in [0.4, 0.5) is 11.4 Å². The third kappa shape index (κ3) is 2.87. The van der Waals surface area contributed by atoms with Crippen molar-refractivity contribution in [2.45, 2.75) is 19.5 Å². The number of hydrogen-bond donors (Lipinski definition) is 3. The summed E-state index contributed by atoms with van der Waals surface area (Å²) in [5.41, 5.74) is 3.57. The van der Waals surface area contributed by atoms with Crippen molar-refractivity contribution >= 4 is 17.3 Å². The number of para-hydroxylation sites is 2. The molecule has 0 spiro atoms. The van der Waals surface area contributed by atoms with Gasteiger partial charge in [0, 0.05) is 16.9 Å². The molecule has 136 valence electrons. The molecule has 3 aromatic carbocycles. The number of nitrogens with zero attached hydrogens (tertiary/aromatic N) is 1. The Morgan fingerprint density at radius 3 is 2.44 bits per heavy atom. The van der Waals surface area contributed by atoms with Gasteiger partial charge < -0.3 is 15.5 Å². The van der Waals surface area contributed by atoms with E-state index in [2.05, 4.69) is 12.2 Å². The summed E-state index contributed by atoms with van der Waals surface area (Å²) in [7, 11) is 0. The minimum absolute atomic E-state index is 0.165. The van der Waals surface area contributed by atoms with E-state index in [1.54, 1.807) is 23.1 Å². The van der Waals surface area contributed by atoms with E-state index in [4.69, 9.17) is 0 Å². The largest absolute Gasteiger partial charge is 0.504 e. The maximum Gasteiger partial charge on any atom is 0.262 e. The summed E-state index contributed by atoms with van der Waals surface area (Å²) in [6.45, 7) is 2.08. The number of carbonyl (C=O) groups is 1. The Morgan fingerprint density at radius 2 is 1.70 bits per heavy atom. The standard InChI is InChI=1S/C22H20N2O3/c1-2-14-10-12-15(13-11-14)24-21(17-7-5-9-19(25)20(17)26)23-18-8-4-3-6-16(18)22(24)27/h3-13,21,23,25-26H,2H2,1H3/t21-/m1/s1. The molecule has 1 aliphatic heterocycles. The summed E-state index contributed by atoms with van der Waals surface area (Å²) in [6.07, 6.45) is 0.262. The van der Waals surface area contributed by atoms with Crippen LogP contribution < -0.4 is 10.2 Å². The van der Waals surface area contributed by atoms with Gasteiger partial charge in [-0.05, 0) is 42.3 Å². The molecule has 0 aromatic heterocycles. The Morgan fingerprint density at radius 1 is 0.963 bits per heavy atom. The number of rotatable bonds is 3. The van der Waals surface area contributed by atoms with E-state index in [9.17, 15) is 15.0 Å². The molecule has 3 N–H and O–H groups in total. The predicted molar refractivity (Wildman–Crippen MR) is 105 cm³/mol. The van der Waals surface area contributed by atoms with Crippen molar-refractivity contribution in [1.82, 2.24) is 0 Å². The summed E-state index contributed by atoms with van der Waals surface area (Å²) < 4.78 is 0. The first-order chi connectivity index (χ1) is 13.1. The highest BCUT2D eigenvalue weighted by molar-refractivity contribution is 6.12. The molecule has 0 aliphatic carbocycles. The third-order valence-electron chi connectivity index (χ3n) is 4.89. The molecular formula is C22H20N2O3. The molecule has 1 amide bonds. The number of hydrogen-bond acceptors (Lipinski definition) is 4. The van der Waals surface area contributed by atoms with Crippen molar-refractivity contribution in [1.29, 1.82) is 0 Å². The molecule has 0 unspecified atom stereocenters. The summed E-state index contributed by atoms with van der Waals surface area (Å²) in [5.74, 6) is -0.624. The van der Waals surface area contributed by atoms with Crippen molar-refractivity contribution in [3.8, 4) is 11.5 Å². The van der Waals surface area contributed by atoms with Crippen molar-refractivity contribution < 1.29 is 15.0 Å². The number of aryl methyl sites for hydroxylation is 1. The molecule has 3 aromatic rings. The Kier molecular flexibility index (Phi) is 4.20. The summed E-state index contributed by atoms with van der Waals surface area (Å²) in [5, 5.41) is 23.7. The van der Waals surface area contributed by atoms with E-state index < -0.39 is 6.17 Å². The Labute approximate surface area is 157 Å². The lowest BCUT2D eigenvalue weighted by Crippen LogP contribution is -2.43. The number of anilines is 2. The first-order valence-electron chi connectivity index (χ1n) is 8.89. The van der Waals surface area contributed by atoms with Crippen LogP contribution in [0, 0.1) is 0 Å². The quantitative estimate of drug-likeness (QED) is 0.604. The highest BCUT2D eigenvalue weighted by atomic mass is 16.3. The first-order valence-corrected chi connectivity index (χ1v) is 8.89. The molecule has 5 heteroatoms. The molecule has 27 heavy (non-hydrogen) atoms. The van der Waals surface area contributed by atoms with Crippen LogP contribution >= 0.6 is 0 Å². The summed E-state index contributed by atoms with van der Waals surface area (Å²) in [4.78, 5) is 14.9. The summed E-state index contributed by atoms with van der Waals surface area (Å²) in [6, 6.07) is 19.8. The van der Waals surface area contributed by atoms with E-state index in [0.717, 1.165) is 6.42 Å². The topological polar surface area (TPSA) is 72.8 Å². The molecule has 5 nitrogen and oxygen atoms in total. The number of aromatic hydroxyl groups is 2. The molecule has 0 bridgehead atoms. The second-order valence-corrected chi connectivity index (χ2v) is 6.50. The fourth-order valence-electron chi connectivity index (χ4n) is 3.40. The zero-order chi connectivity index (χ0) is 19.0. The Bertz CT molecular complexity index is 999. The van der Waals surface area contributed by atoms with E-state index >= 15 is 0 Å². The predicted octanol–water partition coefficient (Wildman–Crippen LogP) is 4.43. The van der Waals surface area contributed by atoms with E-state index in [1.165, 1.54) is 11.6 Å².